The van der Waals surface area contributed by atoms with Crippen LogP contribution >= 0.6 is 11.6 Å². The lowest BCUT2D eigenvalue weighted by Crippen LogP contribution is -2.49. The lowest BCUT2D eigenvalue weighted by Gasteiger charge is -2.37. The molecule has 0 spiro atoms. The van der Waals surface area contributed by atoms with Crippen LogP contribution in [0.25, 0.3) is 0 Å². The molecule has 2 aliphatic heterocycles. The van der Waals surface area contributed by atoms with Crippen molar-refractivity contribution in [2.24, 2.45) is 5.92 Å². The third-order valence-corrected chi connectivity index (χ3v) is 5.80. The smallest absolute Gasteiger partial charge is 0.255 e. The first-order chi connectivity index (χ1) is 15.4. The molecular weight excluding hydrogens is 430 g/mol. The highest BCUT2D eigenvalue weighted by Crippen LogP contribution is 2.33. The molecule has 2 heterocycles. The SMILES string of the molecule is CC(C)CC(=O)N1CCN(c2ccc(Cl)cc2NC(=O)c2ccc3c(c2)OCCO3)CC1. The van der Waals surface area contributed by atoms with E-state index in [1.165, 1.54) is 0 Å². The van der Waals surface area contributed by atoms with Crippen molar-refractivity contribution in [3.8, 4) is 11.5 Å². The second-order valence-corrected chi connectivity index (χ2v) is 8.88. The minimum absolute atomic E-state index is 0.197. The second kappa shape index (κ2) is 9.69. The lowest BCUT2D eigenvalue weighted by atomic mass is 10.1. The van der Waals surface area contributed by atoms with E-state index in [9.17, 15) is 9.59 Å². The number of halogens is 1. The molecule has 0 radical (unpaired) electrons. The molecule has 1 fully saturated rings. The Kier molecular flexibility index (Phi) is 6.74. The molecule has 0 saturated carbocycles. The summed E-state index contributed by atoms with van der Waals surface area (Å²) in [4.78, 5) is 29.4. The predicted octanol–water partition coefficient (Wildman–Crippen LogP) is 4.06. The number of piperazine rings is 1. The molecule has 0 aliphatic carbocycles. The topological polar surface area (TPSA) is 71.1 Å². The van der Waals surface area contributed by atoms with Crippen molar-refractivity contribution in [3.63, 3.8) is 0 Å². The van der Waals surface area contributed by atoms with Gasteiger partial charge in [0, 0.05) is 43.2 Å². The third kappa shape index (κ3) is 5.10. The van der Waals surface area contributed by atoms with Gasteiger partial charge in [-0.1, -0.05) is 25.4 Å². The molecule has 4 rings (SSSR count). The quantitative estimate of drug-likeness (QED) is 0.733. The van der Waals surface area contributed by atoms with Gasteiger partial charge in [-0.2, -0.15) is 0 Å². The first-order valence-corrected chi connectivity index (χ1v) is 11.3. The van der Waals surface area contributed by atoms with E-state index in [-0.39, 0.29) is 11.8 Å². The minimum atomic E-state index is -0.253. The number of nitrogens with one attached hydrogen (secondary N) is 1. The molecule has 7 nitrogen and oxygen atoms in total. The molecule has 2 aromatic carbocycles. The fourth-order valence-corrected chi connectivity index (χ4v) is 4.11. The first-order valence-electron chi connectivity index (χ1n) is 10.9. The molecule has 0 aromatic heterocycles. The van der Waals surface area contributed by atoms with Gasteiger partial charge < -0.3 is 24.6 Å². The van der Waals surface area contributed by atoms with Crippen molar-refractivity contribution in [1.82, 2.24) is 4.90 Å². The van der Waals surface area contributed by atoms with Crippen LogP contribution in [0.3, 0.4) is 0 Å². The molecule has 0 bridgehead atoms. The highest BCUT2D eigenvalue weighted by atomic mass is 35.5. The molecule has 8 heteroatoms. The second-order valence-electron chi connectivity index (χ2n) is 8.44. The summed E-state index contributed by atoms with van der Waals surface area (Å²) in [6.07, 6.45) is 0.567. The maximum atomic E-state index is 13.0. The molecule has 0 unspecified atom stereocenters. The van der Waals surface area contributed by atoms with Gasteiger partial charge in [-0.15, -0.1) is 0 Å². The molecular formula is C24H28ClN3O4. The van der Waals surface area contributed by atoms with Crippen LogP contribution in [0.2, 0.25) is 5.02 Å². The normalized spacial score (nSPS) is 15.6. The first kappa shape index (κ1) is 22.3. The maximum absolute atomic E-state index is 13.0. The van der Waals surface area contributed by atoms with Crippen LogP contribution < -0.4 is 19.7 Å². The van der Waals surface area contributed by atoms with Crippen LogP contribution in [-0.2, 0) is 4.79 Å². The van der Waals surface area contributed by atoms with E-state index in [1.807, 2.05) is 17.0 Å². The summed E-state index contributed by atoms with van der Waals surface area (Å²) in [5.74, 6) is 1.50. The van der Waals surface area contributed by atoms with Gasteiger partial charge in [0.1, 0.15) is 13.2 Å². The highest BCUT2D eigenvalue weighted by Gasteiger charge is 2.24. The Labute approximate surface area is 193 Å². The number of hydrogen-bond acceptors (Lipinski definition) is 5. The van der Waals surface area contributed by atoms with E-state index >= 15 is 0 Å². The molecule has 2 aliphatic rings. The third-order valence-electron chi connectivity index (χ3n) is 5.57. The number of carbonyl (C=O) groups is 2. The van der Waals surface area contributed by atoms with E-state index in [1.54, 1.807) is 24.3 Å². The number of amides is 2. The molecule has 1 saturated heterocycles. The zero-order valence-electron chi connectivity index (χ0n) is 18.4. The molecule has 2 amide bonds. The van der Waals surface area contributed by atoms with Gasteiger partial charge in [0.2, 0.25) is 5.91 Å². The van der Waals surface area contributed by atoms with Gasteiger partial charge in [-0.05, 0) is 42.3 Å². The van der Waals surface area contributed by atoms with Crippen molar-refractivity contribution in [2.45, 2.75) is 20.3 Å². The minimum Gasteiger partial charge on any atom is -0.486 e. The summed E-state index contributed by atoms with van der Waals surface area (Å²) in [5.41, 5.74) is 2.00. The van der Waals surface area contributed by atoms with Gasteiger partial charge in [0.15, 0.2) is 11.5 Å². The van der Waals surface area contributed by atoms with E-state index < -0.39 is 0 Å². The predicted molar refractivity (Wildman–Crippen MR) is 125 cm³/mol. The van der Waals surface area contributed by atoms with Crippen LogP contribution in [0.15, 0.2) is 36.4 Å². The van der Waals surface area contributed by atoms with Crippen LogP contribution in [-0.4, -0.2) is 56.1 Å². The Morgan fingerprint density at radius 3 is 2.44 bits per heavy atom. The Morgan fingerprint density at radius 1 is 1.00 bits per heavy atom. The standard InChI is InChI=1S/C24H28ClN3O4/c1-16(2)13-23(29)28-9-7-27(8-10-28)20-5-4-18(25)15-19(20)26-24(30)17-3-6-21-22(14-17)32-12-11-31-21/h3-6,14-16H,7-13H2,1-2H3,(H,26,30). The fourth-order valence-electron chi connectivity index (χ4n) is 3.94. The van der Waals surface area contributed by atoms with Gasteiger partial charge in [0.05, 0.1) is 11.4 Å². The number of carbonyl (C=O) groups excluding carboxylic acids is 2. The number of hydrogen-bond donors (Lipinski definition) is 1. The van der Waals surface area contributed by atoms with Crippen molar-refractivity contribution >= 4 is 34.8 Å². The van der Waals surface area contributed by atoms with Crippen molar-refractivity contribution in [1.29, 1.82) is 0 Å². The molecule has 0 atom stereocenters. The largest absolute Gasteiger partial charge is 0.486 e. The van der Waals surface area contributed by atoms with Crippen molar-refractivity contribution in [3.05, 3.63) is 47.0 Å². The van der Waals surface area contributed by atoms with E-state index in [0.717, 1.165) is 5.69 Å². The number of benzene rings is 2. The molecule has 32 heavy (non-hydrogen) atoms. The summed E-state index contributed by atoms with van der Waals surface area (Å²) in [7, 11) is 0. The summed E-state index contributed by atoms with van der Waals surface area (Å²) in [6.45, 7) is 7.77. The summed E-state index contributed by atoms with van der Waals surface area (Å²) < 4.78 is 11.1. The summed E-state index contributed by atoms with van der Waals surface area (Å²) in [6, 6.07) is 10.6. The van der Waals surface area contributed by atoms with Crippen LogP contribution in [0, 0.1) is 5.92 Å². The number of nitrogens with zero attached hydrogens (tertiary/aromatic N) is 2. The lowest BCUT2D eigenvalue weighted by molar-refractivity contribution is -0.132. The van der Waals surface area contributed by atoms with Gasteiger partial charge in [-0.25, -0.2) is 0 Å². The highest BCUT2D eigenvalue weighted by molar-refractivity contribution is 6.31. The zero-order valence-corrected chi connectivity index (χ0v) is 19.2. The number of rotatable bonds is 5. The molecule has 170 valence electrons. The van der Waals surface area contributed by atoms with Gasteiger partial charge >= 0.3 is 0 Å². The van der Waals surface area contributed by atoms with Gasteiger partial charge in [-0.3, -0.25) is 9.59 Å². The summed E-state index contributed by atoms with van der Waals surface area (Å²) >= 11 is 6.23. The Morgan fingerprint density at radius 2 is 1.72 bits per heavy atom. The maximum Gasteiger partial charge on any atom is 0.255 e. The average molecular weight is 458 g/mol. The Balaban J connectivity index is 1.47. The Hall–Kier alpha value is -2.93. The number of anilines is 2. The molecule has 1 N–H and O–H groups in total. The zero-order chi connectivity index (χ0) is 22.7. The molecule has 2 aromatic rings. The van der Waals surface area contributed by atoms with Gasteiger partial charge in [0.25, 0.3) is 5.91 Å². The van der Waals surface area contributed by atoms with E-state index in [0.29, 0.717) is 79.5 Å². The summed E-state index contributed by atoms with van der Waals surface area (Å²) in [5, 5.41) is 3.53. The number of ether oxygens (including phenoxy) is 2. The Bertz CT molecular complexity index is 1000. The van der Waals surface area contributed by atoms with E-state index in [4.69, 9.17) is 21.1 Å². The van der Waals surface area contributed by atoms with Crippen LogP contribution in [0.4, 0.5) is 11.4 Å². The fraction of sp³-hybridized carbons (Fsp3) is 0.417. The van der Waals surface area contributed by atoms with Crippen LogP contribution in [0.1, 0.15) is 30.6 Å². The van der Waals surface area contributed by atoms with E-state index in [2.05, 4.69) is 24.1 Å². The monoisotopic (exact) mass is 457 g/mol. The number of fused-ring (bicyclic) bond motifs is 1. The van der Waals surface area contributed by atoms with Crippen molar-refractivity contribution in [2.75, 3.05) is 49.6 Å². The van der Waals surface area contributed by atoms with Crippen LogP contribution in [0.5, 0.6) is 11.5 Å². The van der Waals surface area contributed by atoms with Crippen molar-refractivity contribution < 1.29 is 19.1 Å². The average Bonchev–Trinajstić information content (AvgIpc) is 2.78.